The first-order valence-electron chi connectivity index (χ1n) is 9.86. The number of carbonyl (C=O) groups is 2. The molecule has 1 heterocycles. The molecule has 2 N–H and O–H groups in total. The summed E-state index contributed by atoms with van der Waals surface area (Å²) in [5.74, 6) is -0.570. The summed E-state index contributed by atoms with van der Waals surface area (Å²) < 4.78 is 1.42. The maximum atomic E-state index is 12.9. The lowest BCUT2D eigenvalue weighted by Gasteiger charge is -2.23. The van der Waals surface area contributed by atoms with Crippen LogP contribution in [-0.2, 0) is 0 Å². The number of amides is 2. The molecule has 154 valence electrons. The summed E-state index contributed by atoms with van der Waals surface area (Å²) in [6, 6.07) is 12.0. The largest absolute Gasteiger partial charge is 0.349 e. The van der Waals surface area contributed by atoms with Gasteiger partial charge in [-0.1, -0.05) is 43.0 Å². The van der Waals surface area contributed by atoms with E-state index in [1.165, 1.54) is 17.4 Å². The maximum absolute atomic E-state index is 12.9. The molecule has 2 amide bonds. The quantitative estimate of drug-likeness (QED) is 0.651. The highest BCUT2D eigenvalue weighted by Crippen LogP contribution is 2.24. The van der Waals surface area contributed by atoms with Gasteiger partial charge in [0.15, 0.2) is 0 Å². The van der Waals surface area contributed by atoms with E-state index in [4.69, 9.17) is 11.6 Å². The minimum atomic E-state index is -0.345. The van der Waals surface area contributed by atoms with Gasteiger partial charge in [0.2, 0.25) is 0 Å². The Bertz CT molecular complexity index is 1050. The molecule has 2 aromatic carbocycles. The van der Waals surface area contributed by atoms with Gasteiger partial charge in [-0.2, -0.15) is 4.68 Å². The van der Waals surface area contributed by atoms with Crippen molar-refractivity contribution < 1.29 is 9.59 Å². The van der Waals surface area contributed by atoms with Crippen LogP contribution in [0.5, 0.6) is 0 Å². The predicted octanol–water partition coefficient (Wildman–Crippen LogP) is 3.63. The number of rotatable bonds is 5. The Balaban J connectivity index is 1.52. The second-order valence-corrected chi connectivity index (χ2v) is 7.64. The summed E-state index contributed by atoms with van der Waals surface area (Å²) in [6.45, 7) is 0. The number of hydrogen-bond acceptors (Lipinski definition) is 5. The fourth-order valence-corrected chi connectivity index (χ4v) is 3.83. The highest BCUT2D eigenvalue weighted by Gasteiger charge is 2.19. The zero-order valence-electron chi connectivity index (χ0n) is 16.2. The number of hydrogen-bond donors (Lipinski definition) is 2. The number of para-hydroxylation sites is 1. The molecule has 30 heavy (non-hydrogen) atoms. The molecule has 8 nitrogen and oxygen atoms in total. The van der Waals surface area contributed by atoms with Gasteiger partial charge in [0.1, 0.15) is 6.33 Å². The SMILES string of the molecule is O=C(NC1CCCCC1)c1cc(NC(=O)c2ccccc2-n2cnnn2)ccc1Cl. The van der Waals surface area contributed by atoms with Crippen LogP contribution in [0.1, 0.15) is 52.8 Å². The van der Waals surface area contributed by atoms with Crippen molar-refractivity contribution in [2.75, 3.05) is 5.32 Å². The zero-order chi connectivity index (χ0) is 20.9. The monoisotopic (exact) mass is 424 g/mol. The molecule has 0 atom stereocenters. The summed E-state index contributed by atoms with van der Waals surface area (Å²) in [4.78, 5) is 25.6. The molecular formula is C21H21ClN6O2. The van der Waals surface area contributed by atoms with Gasteiger partial charge in [0.25, 0.3) is 11.8 Å². The number of nitrogens with one attached hydrogen (secondary N) is 2. The highest BCUT2D eigenvalue weighted by molar-refractivity contribution is 6.34. The van der Waals surface area contributed by atoms with Gasteiger partial charge in [0, 0.05) is 11.7 Å². The summed E-state index contributed by atoms with van der Waals surface area (Å²) in [5.41, 5.74) is 1.76. The summed E-state index contributed by atoms with van der Waals surface area (Å²) in [7, 11) is 0. The number of halogens is 1. The standard InChI is InChI=1S/C21H21ClN6O2/c22-18-11-10-15(12-17(18)21(30)24-14-6-2-1-3-7-14)25-20(29)16-8-4-5-9-19(16)28-13-23-26-27-28/h4-5,8-14H,1-3,6-7H2,(H,24,30)(H,25,29). The van der Waals surface area contributed by atoms with Crippen LogP contribution in [0.15, 0.2) is 48.8 Å². The third-order valence-corrected chi connectivity index (χ3v) is 5.48. The molecule has 0 bridgehead atoms. The molecule has 1 fully saturated rings. The summed E-state index contributed by atoms with van der Waals surface area (Å²) in [5, 5.41) is 17.3. The molecule has 1 aliphatic carbocycles. The van der Waals surface area contributed by atoms with Gasteiger partial charge >= 0.3 is 0 Å². The van der Waals surface area contributed by atoms with Crippen LogP contribution in [0.4, 0.5) is 5.69 Å². The average Bonchev–Trinajstić information content (AvgIpc) is 3.30. The number of benzene rings is 2. The van der Waals surface area contributed by atoms with Crippen LogP contribution < -0.4 is 10.6 Å². The van der Waals surface area contributed by atoms with Crippen molar-refractivity contribution in [1.29, 1.82) is 0 Å². The second kappa shape index (κ2) is 9.04. The number of aromatic nitrogens is 4. The lowest BCUT2D eigenvalue weighted by molar-refractivity contribution is 0.0926. The van der Waals surface area contributed by atoms with Crippen LogP contribution in [0, 0.1) is 0 Å². The number of carbonyl (C=O) groups excluding carboxylic acids is 2. The van der Waals surface area contributed by atoms with Crippen molar-refractivity contribution >= 4 is 29.1 Å². The van der Waals surface area contributed by atoms with Crippen molar-refractivity contribution in [3.63, 3.8) is 0 Å². The molecular weight excluding hydrogens is 404 g/mol. The normalized spacial score (nSPS) is 14.3. The first kappa shape index (κ1) is 20.0. The van der Waals surface area contributed by atoms with Crippen molar-refractivity contribution in [2.45, 2.75) is 38.1 Å². The number of tetrazole rings is 1. The third kappa shape index (κ3) is 4.49. The molecule has 0 aliphatic heterocycles. The Morgan fingerprint density at radius 2 is 1.80 bits per heavy atom. The van der Waals surface area contributed by atoms with E-state index in [0.717, 1.165) is 25.7 Å². The van der Waals surface area contributed by atoms with E-state index in [2.05, 4.69) is 26.2 Å². The Morgan fingerprint density at radius 3 is 2.57 bits per heavy atom. The lowest BCUT2D eigenvalue weighted by Crippen LogP contribution is -2.36. The Hall–Kier alpha value is -3.26. The van der Waals surface area contributed by atoms with E-state index >= 15 is 0 Å². The van der Waals surface area contributed by atoms with E-state index < -0.39 is 0 Å². The van der Waals surface area contributed by atoms with Gasteiger partial charge in [-0.3, -0.25) is 9.59 Å². The second-order valence-electron chi connectivity index (χ2n) is 7.23. The predicted molar refractivity (Wildman–Crippen MR) is 113 cm³/mol. The summed E-state index contributed by atoms with van der Waals surface area (Å²) >= 11 is 6.26. The van der Waals surface area contributed by atoms with E-state index in [0.29, 0.717) is 27.5 Å². The van der Waals surface area contributed by atoms with Gasteiger partial charge < -0.3 is 10.6 Å². The summed E-state index contributed by atoms with van der Waals surface area (Å²) in [6.07, 6.45) is 6.83. The molecule has 1 aliphatic rings. The highest BCUT2D eigenvalue weighted by atomic mass is 35.5. The van der Waals surface area contributed by atoms with Crippen LogP contribution in [0.3, 0.4) is 0 Å². The van der Waals surface area contributed by atoms with Gasteiger partial charge in [0.05, 0.1) is 21.8 Å². The molecule has 1 aromatic heterocycles. The molecule has 0 spiro atoms. The molecule has 0 unspecified atom stereocenters. The fourth-order valence-electron chi connectivity index (χ4n) is 3.62. The van der Waals surface area contributed by atoms with Crippen LogP contribution in [0.2, 0.25) is 5.02 Å². The van der Waals surface area contributed by atoms with E-state index in [1.54, 1.807) is 42.5 Å². The van der Waals surface area contributed by atoms with Crippen LogP contribution in [0.25, 0.3) is 5.69 Å². The molecule has 3 aromatic rings. The maximum Gasteiger partial charge on any atom is 0.257 e. The lowest BCUT2D eigenvalue weighted by atomic mass is 9.95. The first-order chi connectivity index (χ1) is 14.6. The molecule has 0 radical (unpaired) electrons. The minimum absolute atomic E-state index is 0.170. The molecule has 4 rings (SSSR count). The van der Waals surface area contributed by atoms with Gasteiger partial charge in [-0.25, -0.2) is 0 Å². The number of anilines is 1. The average molecular weight is 425 g/mol. The number of nitrogens with zero attached hydrogens (tertiary/aromatic N) is 4. The molecule has 0 saturated heterocycles. The van der Waals surface area contributed by atoms with Crippen molar-refractivity contribution in [3.8, 4) is 5.69 Å². The Labute approximate surface area is 178 Å². The van der Waals surface area contributed by atoms with E-state index in [-0.39, 0.29) is 17.9 Å². The van der Waals surface area contributed by atoms with Gasteiger partial charge in [-0.15, -0.1) is 5.10 Å². The Kier molecular flexibility index (Phi) is 6.04. The smallest absolute Gasteiger partial charge is 0.257 e. The van der Waals surface area contributed by atoms with E-state index in [1.807, 2.05) is 0 Å². The van der Waals surface area contributed by atoms with Crippen molar-refractivity contribution in [3.05, 3.63) is 64.9 Å². The third-order valence-electron chi connectivity index (χ3n) is 5.15. The van der Waals surface area contributed by atoms with Crippen LogP contribution >= 0.6 is 11.6 Å². The first-order valence-corrected chi connectivity index (χ1v) is 10.2. The van der Waals surface area contributed by atoms with E-state index in [9.17, 15) is 9.59 Å². The van der Waals surface area contributed by atoms with Crippen molar-refractivity contribution in [2.24, 2.45) is 0 Å². The Morgan fingerprint density at radius 1 is 1.00 bits per heavy atom. The van der Waals surface area contributed by atoms with Crippen LogP contribution in [-0.4, -0.2) is 38.1 Å². The fraction of sp³-hybridized carbons (Fsp3) is 0.286. The zero-order valence-corrected chi connectivity index (χ0v) is 17.0. The molecule has 9 heteroatoms. The topological polar surface area (TPSA) is 102 Å². The van der Waals surface area contributed by atoms with Crippen molar-refractivity contribution in [1.82, 2.24) is 25.5 Å². The molecule has 1 saturated carbocycles. The minimum Gasteiger partial charge on any atom is -0.349 e. The van der Waals surface area contributed by atoms with Gasteiger partial charge in [-0.05, 0) is 53.6 Å².